The third kappa shape index (κ3) is 5.34. The maximum atomic E-state index is 12.9. The fourth-order valence-electron chi connectivity index (χ4n) is 3.44. The zero-order valence-electron chi connectivity index (χ0n) is 17.6. The number of carbonyl (C=O) groups is 1. The van der Waals surface area contributed by atoms with Gasteiger partial charge < -0.3 is 0 Å². The van der Waals surface area contributed by atoms with Gasteiger partial charge in [-0.1, -0.05) is 35.5 Å². The SMILES string of the molecule is O=C(Nc1cc2ccccc2cn1)ON=C1CCN(S(=O)(=O)c2cccc(C(F)(F)F)c2)CC1. The Hall–Kier alpha value is -3.51. The summed E-state index contributed by atoms with van der Waals surface area (Å²) in [5, 5.41) is 8.05. The van der Waals surface area contributed by atoms with Crippen molar-refractivity contribution in [1.29, 1.82) is 0 Å². The molecular formula is C22H19F3N4O4S. The molecule has 1 aromatic heterocycles. The first-order chi connectivity index (χ1) is 16.1. The second kappa shape index (κ2) is 9.39. The molecule has 12 heteroatoms. The Bertz CT molecular complexity index is 1350. The lowest BCUT2D eigenvalue weighted by Crippen LogP contribution is -2.38. The molecule has 3 aromatic rings. The topological polar surface area (TPSA) is 101 Å². The number of hydrogen-bond acceptors (Lipinski definition) is 6. The normalized spacial score (nSPS) is 15.2. The molecule has 2 aromatic carbocycles. The summed E-state index contributed by atoms with van der Waals surface area (Å²) in [6, 6.07) is 12.8. The molecule has 1 fully saturated rings. The summed E-state index contributed by atoms with van der Waals surface area (Å²) in [4.78, 5) is 20.6. The van der Waals surface area contributed by atoms with Gasteiger partial charge in [0.05, 0.1) is 16.2 Å². The zero-order chi connectivity index (χ0) is 24.3. The van der Waals surface area contributed by atoms with Gasteiger partial charge in [-0.3, -0.25) is 10.2 Å². The van der Waals surface area contributed by atoms with Crippen molar-refractivity contribution in [3.63, 3.8) is 0 Å². The molecule has 0 unspecified atom stereocenters. The van der Waals surface area contributed by atoms with Crippen LogP contribution in [-0.2, 0) is 21.0 Å². The standard InChI is InChI=1S/C22H19F3N4O4S/c23-22(24,25)17-6-3-7-19(13-17)34(31,32)29-10-8-18(9-11-29)28-33-21(30)27-20-12-15-4-1-2-5-16(15)14-26-20/h1-7,12-14H,8-11H2,(H,26,27,30). The Labute approximate surface area is 193 Å². The number of sulfonamides is 1. The lowest BCUT2D eigenvalue weighted by molar-refractivity contribution is -0.137. The molecule has 1 N–H and O–H groups in total. The molecule has 1 aliphatic heterocycles. The first kappa shape index (κ1) is 23.6. The van der Waals surface area contributed by atoms with Crippen LogP contribution in [0, 0.1) is 0 Å². The van der Waals surface area contributed by atoms with Crippen molar-refractivity contribution < 1.29 is 31.2 Å². The van der Waals surface area contributed by atoms with Gasteiger partial charge >= 0.3 is 12.3 Å². The van der Waals surface area contributed by atoms with Crippen LogP contribution in [0.2, 0.25) is 0 Å². The van der Waals surface area contributed by atoms with Crippen molar-refractivity contribution in [3.8, 4) is 0 Å². The predicted molar refractivity (Wildman–Crippen MR) is 119 cm³/mol. The number of fused-ring (bicyclic) bond motifs is 1. The van der Waals surface area contributed by atoms with Crippen LogP contribution in [0.3, 0.4) is 0 Å². The van der Waals surface area contributed by atoms with Crippen molar-refractivity contribution in [2.24, 2.45) is 5.16 Å². The Morgan fingerprint density at radius 2 is 1.74 bits per heavy atom. The molecule has 0 bridgehead atoms. The average Bonchev–Trinajstić information content (AvgIpc) is 2.82. The highest BCUT2D eigenvalue weighted by Gasteiger charge is 2.33. The van der Waals surface area contributed by atoms with Gasteiger partial charge in [0.1, 0.15) is 5.82 Å². The van der Waals surface area contributed by atoms with Crippen LogP contribution in [0.5, 0.6) is 0 Å². The smallest absolute Gasteiger partial charge is 0.298 e. The second-order valence-electron chi connectivity index (χ2n) is 7.51. The fourth-order valence-corrected chi connectivity index (χ4v) is 4.93. The van der Waals surface area contributed by atoms with Gasteiger partial charge in [-0.05, 0) is 29.7 Å². The molecule has 178 valence electrons. The van der Waals surface area contributed by atoms with Crippen LogP contribution in [0.1, 0.15) is 18.4 Å². The van der Waals surface area contributed by atoms with E-state index in [1.807, 2.05) is 24.3 Å². The molecule has 4 rings (SSSR count). The van der Waals surface area contributed by atoms with Crippen LogP contribution in [-0.4, -0.2) is 42.6 Å². The maximum Gasteiger partial charge on any atom is 0.439 e. The van der Waals surface area contributed by atoms with Crippen molar-refractivity contribution in [2.45, 2.75) is 23.9 Å². The van der Waals surface area contributed by atoms with E-state index in [9.17, 15) is 26.4 Å². The number of hydrogen-bond donors (Lipinski definition) is 1. The van der Waals surface area contributed by atoms with E-state index < -0.39 is 32.8 Å². The van der Waals surface area contributed by atoms with E-state index in [1.54, 1.807) is 12.3 Å². The minimum absolute atomic E-state index is 0.00534. The number of amides is 1. The van der Waals surface area contributed by atoms with E-state index in [4.69, 9.17) is 4.84 Å². The zero-order valence-corrected chi connectivity index (χ0v) is 18.4. The molecule has 0 aliphatic carbocycles. The van der Waals surface area contributed by atoms with Crippen molar-refractivity contribution >= 4 is 38.4 Å². The molecule has 0 spiro atoms. The highest BCUT2D eigenvalue weighted by Crippen LogP contribution is 2.31. The summed E-state index contributed by atoms with van der Waals surface area (Å²) in [7, 11) is -4.11. The summed E-state index contributed by atoms with van der Waals surface area (Å²) in [5.74, 6) is 0.283. The third-order valence-electron chi connectivity index (χ3n) is 5.22. The van der Waals surface area contributed by atoms with Crippen LogP contribution < -0.4 is 5.32 Å². The van der Waals surface area contributed by atoms with E-state index in [0.717, 1.165) is 33.3 Å². The predicted octanol–water partition coefficient (Wildman–Crippen LogP) is 4.64. The molecule has 1 saturated heterocycles. The Balaban J connectivity index is 1.34. The molecule has 0 radical (unpaired) electrons. The number of carbonyl (C=O) groups excluding carboxylic acids is 1. The van der Waals surface area contributed by atoms with E-state index >= 15 is 0 Å². The average molecular weight is 492 g/mol. The van der Waals surface area contributed by atoms with Crippen LogP contribution in [0.4, 0.5) is 23.8 Å². The fraction of sp³-hybridized carbons (Fsp3) is 0.227. The number of halogens is 3. The molecule has 0 atom stereocenters. The highest BCUT2D eigenvalue weighted by molar-refractivity contribution is 7.89. The van der Waals surface area contributed by atoms with E-state index in [2.05, 4.69) is 15.5 Å². The number of alkyl halides is 3. The van der Waals surface area contributed by atoms with Gasteiger partial charge in [0, 0.05) is 37.5 Å². The number of pyridine rings is 1. The monoisotopic (exact) mass is 492 g/mol. The third-order valence-corrected chi connectivity index (χ3v) is 7.11. The van der Waals surface area contributed by atoms with Gasteiger partial charge in [-0.25, -0.2) is 18.2 Å². The van der Waals surface area contributed by atoms with Gasteiger partial charge in [0.15, 0.2) is 0 Å². The molecule has 0 saturated carbocycles. The Morgan fingerprint density at radius 1 is 1.03 bits per heavy atom. The quantitative estimate of drug-likeness (QED) is 0.422. The van der Waals surface area contributed by atoms with E-state index in [1.165, 1.54) is 0 Å². The first-order valence-corrected chi connectivity index (χ1v) is 11.6. The number of aromatic nitrogens is 1. The van der Waals surface area contributed by atoms with Crippen LogP contribution >= 0.6 is 0 Å². The number of benzene rings is 2. The van der Waals surface area contributed by atoms with Crippen LogP contribution in [0.15, 0.2) is 70.8 Å². The number of rotatable bonds is 4. The lowest BCUT2D eigenvalue weighted by Gasteiger charge is -2.26. The van der Waals surface area contributed by atoms with E-state index in [0.29, 0.717) is 11.8 Å². The molecule has 1 aliphatic rings. The summed E-state index contributed by atoms with van der Waals surface area (Å²) in [6.45, 7) is -0.0107. The summed E-state index contributed by atoms with van der Waals surface area (Å²) >= 11 is 0. The minimum atomic E-state index is -4.65. The van der Waals surface area contributed by atoms with Crippen molar-refractivity contribution in [1.82, 2.24) is 9.29 Å². The van der Waals surface area contributed by atoms with Gasteiger partial charge in [-0.2, -0.15) is 17.5 Å². The van der Waals surface area contributed by atoms with Crippen molar-refractivity contribution in [3.05, 3.63) is 66.4 Å². The summed E-state index contributed by atoms with van der Waals surface area (Å²) in [5.41, 5.74) is -0.578. The first-order valence-electron chi connectivity index (χ1n) is 10.2. The number of nitrogens with zero attached hydrogens (tertiary/aromatic N) is 3. The van der Waals surface area contributed by atoms with Gasteiger partial charge in [-0.15, -0.1) is 0 Å². The highest BCUT2D eigenvalue weighted by atomic mass is 32.2. The van der Waals surface area contributed by atoms with Crippen molar-refractivity contribution in [2.75, 3.05) is 18.4 Å². The van der Waals surface area contributed by atoms with Gasteiger partial charge in [0.2, 0.25) is 10.0 Å². The number of piperidine rings is 1. The minimum Gasteiger partial charge on any atom is -0.298 e. The van der Waals surface area contributed by atoms with E-state index in [-0.39, 0.29) is 31.7 Å². The Morgan fingerprint density at radius 3 is 2.44 bits per heavy atom. The number of oxime groups is 1. The molecule has 8 nitrogen and oxygen atoms in total. The summed E-state index contributed by atoms with van der Waals surface area (Å²) in [6.07, 6.45) is -3.56. The number of nitrogens with one attached hydrogen (secondary N) is 1. The summed E-state index contributed by atoms with van der Waals surface area (Å²) < 4.78 is 65.4. The second-order valence-corrected chi connectivity index (χ2v) is 9.45. The lowest BCUT2D eigenvalue weighted by atomic mass is 10.1. The molecule has 1 amide bonds. The number of anilines is 1. The largest absolute Gasteiger partial charge is 0.439 e. The Kier molecular flexibility index (Phi) is 6.53. The van der Waals surface area contributed by atoms with Gasteiger partial charge in [0.25, 0.3) is 0 Å². The molecule has 2 heterocycles. The molecule has 34 heavy (non-hydrogen) atoms. The molecular weight excluding hydrogens is 473 g/mol. The van der Waals surface area contributed by atoms with Crippen LogP contribution in [0.25, 0.3) is 10.8 Å². The maximum absolute atomic E-state index is 12.9.